The standard InChI is InChI=1S/C9H16F3NO/c1-7(2)13-8(9(10,11)12)3-5-14-6-4-8/h7,13H,3-6H2,1-2H3. The second kappa shape index (κ2) is 4.06. The number of alkyl halides is 3. The third-order valence-corrected chi connectivity index (χ3v) is 2.45. The molecule has 0 radical (unpaired) electrons. The van der Waals surface area contributed by atoms with Crippen LogP contribution in [0.4, 0.5) is 13.2 Å². The summed E-state index contributed by atoms with van der Waals surface area (Å²) in [7, 11) is 0. The van der Waals surface area contributed by atoms with Crippen molar-refractivity contribution in [2.24, 2.45) is 0 Å². The van der Waals surface area contributed by atoms with Crippen molar-refractivity contribution in [3.05, 3.63) is 0 Å². The minimum absolute atomic E-state index is 0.00861. The maximum Gasteiger partial charge on any atom is 0.406 e. The first-order chi connectivity index (χ1) is 6.37. The van der Waals surface area contributed by atoms with Gasteiger partial charge in [-0.3, -0.25) is 0 Å². The largest absolute Gasteiger partial charge is 0.406 e. The Morgan fingerprint density at radius 2 is 1.71 bits per heavy atom. The van der Waals surface area contributed by atoms with Gasteiger partial charge in [0.2, 0.25) is 0 Å². The number of hydrogen-bond donors (Lipinski definition) is 1. The molecule has 14 heavy (non-hydrogen) atoms. The fourth-order valence-electron chi connectivity index (χ4n) is 1.78. The minimum atomic E-state index is -4.19. The summed E-state index contributed by atoms with van der Waals surface area (Å²) in [6.45, 7) is 3.81. The summed E-state index contributed by atoms with van der Waals surface area (Å²) >= 11 is 0. The first-order valence-corrected chi connectivity index (χ1v) is 4.79. The quantitative estimate of drug-likeness (QED) is 0.755. The van der Waals surface area contributed by atoms with Crippen LogP contribution in [0.15, 0.2) is 0 Å². The maximum absolute atomic E-state index is 12.8. The fraction of sp³-hybridized carbons (Fsp3) is 1.00. The van der Waals surface area contributed by atoms with Gasteiger partial charge in [0.25, 0.3) is 0 Å². The average Bonchev–Trinajstić information content (AvgIpc) is 2.02. The molecule has 1 aliphatic heterocycles. The van der Waals surface area contributed by atoms with E-state index < -0.39 is 11.7 Å². The molecule has 84 valence electrons. The van der Waals surface area contributed by atoms with Gasteiger partial charge in [-0.05, 0) is 12.8 Å². The Morgan fingerprint density at radius 1 is 1.21 bits per heavy atom. The molecule has 0 unspecified atom stereocenters. The van der Waals surface area contributed by atoms with Gasteiger partial charge in [-0.25, -0.2) is 0 Å². The smallest absolute Gasteiger partial charge is 0.381 e. The van der Waals surface area contributed by atoms with Gasteiger partial charge in [0.15, 0.2) is 0 Å². The van der Waals surface area contributed by atoms with Crippen LogP contribution in [0.25, 0.3) is 0 Å². The van der Waals surface area contributed by atoms with Crippen LogP contribution in [0.1, 0.15) is 26.7 Å². The lowest BCUT2D eigenvalue weighted by atomic mass is 9.88. The van der Waals surface area contributed by atoms with Crippen LogP contribution in [0, 0.1) is 0 Å². The summed E-state index contributed by atoms with van der Waals surface area (Å²) in [5.74, 6) is 0. The number of ether oxygens (including phenoxy) is 1. The third-order valence-electron chi connectivity index (χ3n) is 2.45. The van der Waals surface area contributed by atoms with Crippen LogP contribution < -0.4 is 5.32 Å². The second-order valence-corrected chi connectivity index (χ2v) is 3.99. The van der Waals surface area contributed by atoms with Crippen LogP contribution in [-0.4, -0.2) is 31.0 Å². The molecule has 0 aliphatic carbocycles. The van der Waals surface area contributed by atoms with Gasteiger partial charge in [-0.2, -0.15) is 13.2 Å². The first-order valence-electron chi connectivity index (χ1n) is 4.79. The molecule has 0 saturated carbocycles. The maximum atomic E-state index is 12.8. The monoisotopic (exact) mass is 211 g/mol. The summed E-state index contributed by atoms with van der Waals surface area (Å²) in [5.41, 5.74) is -1.74. The van der Waals surface area contributed by atoms with E-state index >= 15 is 0 Å². The van der Waals surface area contributed by atoms with Crippen LogP contribution in [-0.2, 0) is 4.74 Å². The lowest BCUT2D eigenvalue weighted by molar-refractivity contribution is -0.218. The topological polar surface area (TPSA) is 21.3 Å². The molecule has 1 rings (SSSR count). The van der Waals surface area contributed by atoms with Crippen molar-refractivity contribution in [3.8, 4) is 0 Å². The molecule has 0 bridgehead atoms. The second-order valence-electron chi connectivity index (χ2n) is 3.99. The van der Waals surface area contributed by atoms with E-state index in [0.29, 0.717) is 0 Å². The van der Waals surface area contributed by atoms with E-state index in [1.807, 2.05) is 0 Å². The van der Waals surface area contributed by atoms with E-state index in [0.717, 1.165) is 0 Å². The van der Waals surface area contributed by atoms with Crippen LogP contribution in [0.5, 0.6) is 0 Å². The predicted molar refractivity (Wildman–Crippen MR) is 47.1 cm³/mol. The summed E-state index contributed by atoms with van der Waals surface area (Å²) in [5, 5.41) is 2.63. The number of nitrogens with one attached hydrogen (secondary N) is 1. The van der Waals surface area contributed by atoms with Gasteiger partial charge in [-0.1, -0.05) is 13.8 Å². The van der Waals surface area contributed by atoms with Crippen molar-refractivity contribution in [2.45, 2.75) is 44.4 Å². The summed E-state index contributed by atoms with van der Waals surface area (Å²) in [4.78, 5) is 0. The Bertz CT molecular complexity index is 185. The Balaban J connectivity index is 2.77. The zero-order valence-corrected chi connectivity index (χ0v) is 8.45. The lowest BCUT2D eigenvalue weighted by Crippen LogP contribution is -2.61. The number of rotatable bonds is 2. The summed E-state index contributed by atoms with van der Waals surface area (Å²) in [6.07, 6.45) is -4.18. The van der Waals surface area contributed by atoms with Gasteiger partial charge >= 0.3 is 6.18 Å². The molecule has 1 fully saturated rings. The highest BCUT2D eigenvalue weighted by atomic mass is 19.4. The molecule has 1 saturated heterocycles. The molecular weight excluding hydrogens is 195 g/mol. The van der Waals surface area contributed by atoms with E-state index in [9.17, 15) is 13.2 Å². The average molecular weight is 211 g/mol. The normalized spacial score (nSPS) is 22.7. The molecule has 0 atom stereocenters. The van der Waals surface area contributed by atoms with Crippen LogP contribution in [0.3, 0.4) is 0 Å². The zero-order chi connectivity index (χ0) is 10.8. The SMILES string of the molecule is CC(C)NC1(C(F)(F)F)CCOCC1. The van der Waals surface area contributed by atoms with Crippen LogP contribution in [0.2, 0.25) is 0 Å². The number of hydrogen-bond acceptors (Lipinski definition) is 2. The highest BCUT2D eigenvalue weighted by Crippen LogP contribution is 2.38. The minimum Gasteiger partial charge on any atom is -0.381 e. The van der Waals surface area contributed by atoms with E-state index in [1.165, 1.54) is 0 Å². The molecule has 0 aromatic carbocycles. The van der Waals surface area contributed by atoms with Gasteiger partial charge in [0.05, 0.1) is 0 Å². The molecule has 1 N–H and O–H groups in total. The molecule has 2 nitrogen and oxygen atoms in total. The highest BCUT2D eigenvalue weighted by molar-refractivity contribution is 4.97. The van der Waals surface area contributed by atoms with E-state index in [1.54, 1.807) is 13.8 Å². The third kappa shape index (κ3) is 2.39. The Kier molecular flexibility index (Phi) is 3.42. The molecule has 0 spiro atoms. The highest BCUT2D eigenvalue weighted by Gasteiger charge is 2.55. The lowest BCUT2D eigenvalue weighted by Gasteiger charge is -2.40. The van der Waals surface area contributed by atoms with Crippen LogP contribution >= 0.6 is 0 Å². The predicted octanol–water partition coefficient (Wildman–Crippen LogP) is 2.10. The van der Waals surface area contributed by atoms with Crippen molar-refractivity contribution in [2.75, 3.05) is 13.2 Å². The molecule has 1 aliphatic rings. The van der Waals surface area contributed by atoms with Crippen molar-refractivity contribution in [1.29, 1.82) is 0 Å². The van der Waals surface area contributed by atoms with Crippen molar-refractivity contribution < 1.29 is 17.9 Å². The van der Waals surface area contributed by atoms with Gasteiger partial charge in [-0.15, -0.1) is 0 Å². The Morgan fingerprint density at radius 3 is 2.07 bits per heavy atom. The van der Waals surface area contributed by atoms with Crippen molar-refractivity contribution in [3.63, 3.8) is 0 Å². The molecule has 0 amide bonds. The molecule has 1 heterocycles. The Hall–Kier alpha value is -0.290. The molecule has 5 heteroatoms. The first kappa shape index (κ1) is 11.8. The zero-order valence-electron chi connectivity index (χ0n) is 8.45. The van der Waals surface area contributed by atoms with Gasteiger partial charge in [0.1, 0.15) is 5.54 Å². The van der Waals surface area contributed by atoms with E-state index in [4.69, 9.17) is 4.74 Å². The van der Waals surface area contributed by atoms with E-state index in [-0.39, 0.29) is 32.1 Å². The fourth-order valence-corrected chi connectivity index (χ4v) is 1.78. The van der Waals surface area contributed by atoms with Crippen molar-refractivity contribution >= 4 is 0 Å². The summed E-state index contributed by atoms with van der Waals surface area (Å²) < 4.78 is 43.5. The van der Waals surface area contributed by atoms with E-state index in [2.05, 4.69) is 5.32 Å². The molecule has 0 aromatic heterocycles. The van der Waals surface area contributed by atoms with Gasteiger partial charge in [0, 0.05) is 19.3 Å². The Labute approximate surface area is 81.8 Å². The molecular formula is C9H16F3NO. The molecule has 0 aromatic rings. The van der Waals surface area contributed by atoms with Crippen molar-refractivity contribution in [1.82, 2.24) is 5.32 Å². The summed E-state index contributed by atoms with van der Waals surface area (Å²) in [6, 6.07) is -0.172. The number of halogens is 3. The van der Waals surface area contributed by atoms with Gasteiger partial charge < -0.3 is 10.1 Å².